The van der Waals surface area contributed by atoms with Crippen LogP contribution >= 0.6 is 27.5 Å². The molecule has 0 aromatic heterocycles. The quantitative estimate of drug-likeness (QED) is 0.905. The highest BCUT2D eigenvalue weighted by atomic mass is 79.9. The molecule has 0 aliphatic heterocycles. The standard InChI is InChI=1S/C13H15BrClNO/c1-13(5-2-6-13)16-12(17)8-9-3-4-10(14)11(15)7-9/h3-4,7H,2,5-6,8H2,1H3,(H,16,17). The predicted octanol–water partition coefficient (Wildman–Crippen LogP) is 3.70. The molecule has 0 unspecified atom stereocenters. The minimum Gasteiger partial charge on any atom is -0.351 e. The fourth-order valence-electron chi connectivity index (χ4n) is 2.05. The molecule has 1 fully saturated rings. The predicted molar refractivity (Wildman–Crippen MR) is 73.3 cm³/mol. The van der Waals surface area contributed by atoms with Crippen molar-refractivity contribution >= 4 is 33.4 Å². The maximum absolute atomic E-state index is 11.9. The molecule has 1 saturated carbocycles. The van der Waals surface area contributed by atoms with Gasteiger partial charge in [0.05, 0.1) is 11.4 Å². The van der Waals surface area contributed by atoms with Crippen LogP contribution in [0.4, 0.5) is 0 Å². The average molecular weight is 317 g/mol. The van der Waals surface area contributed by atoms with E-state index in [4.69, 9.17) is 11.6 Å². The largest absolute Gasteiger partial charge is 0.351 e. The fraction of sp³-hybridized carbons (Fsp3) is 0.462. The number of carbonyl (C=O) groups is 1. The monoisotopic (exact) mass is 315 g/mol. The molecule has 1 N–H and O–H groups in total. The van der Waals surface area contributed by atoms with Gasteiger partial charge in [0, 0.05) is 10.0 Å². The van der Waals surface area contributed by atoms with Crippen LogP contribution in [0.2, 0.25) is 5.02 Å². The van der Waals surface area contributed by atoms with Crippen molar-refractivity contribution < 1.29 is 4.79 Å². The van der Waals surface area contributed by atoms with E-state index in [-0.39, 0.29) is 11.4 Å². The van der Waals surface area contributed by atoms with Crippen LogP contribution < -0.4 is 5.32 Å². The summed E-state index contributed by atoms with van der Waals surface area (Å²) in [5.74, 6) is 0.0746. The van der Waals surface area contributed by atoms with Crippen LogP contribution in [0, 0.1) is 0 Å². The van der Waals surface area contributed by atoms with Gasteiger partial charge < -0.3 is 5.32 Å². The van der Waals surface area contributed by atoms with Crippen LogP contribution in [0.5, 0.6) is 0 Å². The van der Waals surface area contributed by atoms with Crippen LogP contribution in [-0.4, -0.2) is 11.4 Å². The molecule has 4 heteroatoms. The van der Waals surface area contributed by atoms with Crippen molar-refractivity contribution in [1.82, 2.24) is 5.32 Å². The third-order valence-electron chi connectivity index (χ3n) is 3.25. The smallest absolute Gasteiger partial charge is 0.224 e. The maximum Gasteiger partial charge on any atom is 0.224 e. The van der Waals surface area contributed by atoms with Gasteiger partial charge in [0.25, 0.3) is 0 Å². The van der Waals surface area contributed by atoms with Gasteiger partial charge >= 0.3 is 0 Å². The maximum atomic E-state index is 11.9. The van der Waals surface area contributed by atoms with E-state index >= 15 is 0 Å². The molecule has 1 aliphatic carbocycles. The number of amides is 1. The number of rotatable bonds is 3. The van der Waals surface area contributed by atoms with Crippen molar-refractivity contribution in [1.29, 1.82) is 0 Å². The highest BCUT2D eigenvalue weighted by Gasteiger charge is 2.32. The molecule has 1 amide bonds. The van der Waals surface area contributed by atoms with Gasteiger partial charge in [-0.1, -0.05) is 17.7 Å². The first-order chi connectivity index (χ1) is 7.98. The van der Waals surface area contributed by atoms with E-state index in [9.17, 15) is 4.79 Å². The van der Waals surface area contributed by atoms with Gasteiger partial charge in [-0.2, -0.15) is 0 Å². The molecule has 0 atom stereocenters. The molecule has 1 aromatic rings. The molecular formula is C13H15BrClNO. The Hall–Kier alpha value is -0.540. The lowest BCUT2D eigenvalue weighted by molar-refractivity contribution is -0.123. The molecule has 0 spiro atoms. The van der Waals surface area contributed by atoms with Gasteiger partial charge in [-0.25, -0.2) is 0 Å². The van der Waals surface area contributed by atoms with E-state index in [1.165, 1.54) is 6.42 Å². The fourth-order valence-corrected chi connectivity index (χ4v) is 2.50. The zero-order valence-corrected chi connectivity index (χ0v) is 12.1. The first-order valence-electron chi connectivity index (χ1n) is 5.73. The third kappa shape index (κ3) is 3.23. The van der Waals surface area contributed by atoms with Gasteiger partial charge in [0.2, 0.25) is 5.91 Å². The van der Waals surface area contributed by atoms with E-state index in [0.717, 1.165) is 22.9 Å². The molecule has 2 rings (SSSR count). The second-order valence-electron chi connectivity index (χ2n) is 4.89. The van der Waals surface area contributed by atoms with Crippen LogP contribution in [0.1, 0.15) is 31.7 Å². The van der Waals surface area contributed by atoms with E-state index in [2.05, 4.69) is 28.2 Å². The number of halogens is 2. The molecule has 17 heavy (non-hydrogen) atoms. The second-order valence-corrected chi connectivity index (χ2v) is 6.15. The molecule has 0 heterocycles. The molecular weight excluding hydrogens is 302 g/mol. The van der Waals surface area contributed by atoms with Crippen molar-refractivity contribution in [2.45, 2.75) is 38.1 Å². The second kappa shape index (κ2) is 4.99. The van der Waals surface area contributed by atoms with Crippen molar-refractivity contribution in [2.24, 2.45) is 0 Å². The Bertz CT molecular complexity index is 443. The summed E-state index contributed by atoms with van der Waals surface area (Å²) in [7, 11) is 0. The summed E-state index contributed by atoms with van der Waals surface area (Å²) in [5, 5.41) is 3.73. The summed E-state index contributed by atoms with van der Waals surface area (Å²) in [6.07, 6.45) is 3.77. The number of hydrogen-bond donors (Lipinski definition) is 1. The SMILES string of the molecule is CC1(NC(=O)Cc2ccc(Br)c(Cl)c2)CCC1. The summed E-state index contributed by atoms with van der Waals surface area (Å²) in [6.45, 7) is 2.10. The zero-order valence-electron chi connectivity index (χ0n) is 9.72. The van der Waals surface area contributed by atoms with Crippen molar-refractivity contribution in [3.63, 3.8) is 0 Å². The topological polar surface area (TPSA) is 29.1 Å². The highest BCUT2D eigenvalue weighted by Crippen LogP contribution is 2.31. The van der Waals surface area contributed by atoms with E-state index in [1.807, 2.05) is 18.2 Å². The summed E-state index contributed by atoms with van der Waals surface area (Å²) in [4.78, 5) is 11.9. The van der Waals surface area contributed by atoms with Crippen molar-refractivity contribution in [3.8, 4) is 0 Å². The Labute approximate surface area is 115 Å². The molecule has 0 bridgehead atoms. The average Bonchev–Trinajstić information content (AvgIpc) is 2.21. The Balaban J connectivity index is 1.95. The highest BCUT2D eigenvalue weighted by molar-refractivity contribution is 9.10. The van der Waals surface area contributed by atoms with Gasteiger partial charge in [-0.15, -0.1) is 0 Å². The first kappa shape index (κ1) is 12.9. The first-order valence-corrected chi connectivity index (χ1v) is 6.91. The van der Waals surface area contributed by atoms with Crippen molar-refractivity contribution in [2.75, 3.05) is 0 Å². The summed E-state index contributed by atoms with van der Waals surface area (Å²) in [6, 6.07) is 5.61. The Morgan fingerprint density at radius 2 is 2.24 bits per heavy atom. The number of carbonyl (C=O) groups excluding carboxylic acids is 1. The van der Waals surface area contributed by atoms with Crippen LogP contribution in [0.25, 0.3) is 0 Å². The Morgan fingerprint density at radius 1 is 1.53 bits per heavy atom. The van der Waals surface area contributed by atoms with Gasteiger partial charge in [0.1, 0.15) is 0 Å². The Morgan fingerprint density at radius 3 is 2.76 bits per heavy atom. The molecule has 92 valence electrons. The zero-order chi connectivity index (χ0) is 12.5. The molecule has 1 aromatic carbocycles. The molecule has 0 saturated heterocycles. The van der Waals surface area contributed by atoms with E-state index < -0.39 is 0 Å². The van der Waals surface area contributed by atoms with Gasteiger partial charge in [-0.3, -0.25) is 4.79 Å². The van der Waals surface area contributed by atoms with Crippen LogP contribution in [0.15, 0.2) is 22.7 Å². The number of nitrogens with one attached hydrogen (secondary N) is 1. The summed E-state index contributed by atoms with van der Waals surface area (Å²) < 4.78 is 0.856. The minimum atomic E-state index is 0.0240. The van der Waals surface area contributed by atoms with Crippen molar-refractivity contribution in [3.05, 3.63) is 33.3 Å². The van der Waals surface area contributed by atoms with E-state index in [1.54, 1.807) is 0 Å². The molecule has 1 aliphatic rings. The minimum absolute atomic E-state index is 0.0240. The molecule has 0 radical (unpaired) electrons. The number of benzene rings is 1. The van der Waals surface area contributed by atoms with Crippen LogP contribution in [-0.2, 0) is 11.2 Å². The Kier molecular flexibility index (Phi) is 3.79. The summed E-state index contributed by atoms with van der Waals surface area (Å²) >= 11 is 9.32. The molecule has 2 nitrogen and oxygen atoms in total. The summed E-state index contributed by atoms with van der Waals surface area (Å²) in [5.41, 5.74) is 0.967. The third-order valence-corrected chi connectivity index (χ3v) is 4.48. The lowest BCUT2D eigenvalue weighted by Gasteiger charge is -2.39. The van der Waals surface area contributed by atoms with E-state index in [0.29, 0.717) is 11.4 Å². The van der Waals surface area contributed by atoms with Crippen LogP contribution in [0.3, 0.4) is 0 Å². The van der Waals surface area contributed by atoms with Gasteiger partial charge in [0.15, 0.2) is 0 Å². The lowest BCUT2D eigenvalue weighted by Crippen LogP contribution is -2.51. The number of hydrogen-bond acceptors (Lipinski definition) is 1. The normalized spacial score (nSPS) is 17.4. The lowest BCUT2D eigenvalue weighted by atomic mass is 9.78. The van der Waals surface area contributed by atoms with Gasteiger partial charge in [-0.05, 0) is 59.8 Å².